The maximum Gasteiger partial charge on any atom is 0.246 e. The van der Waals surface area contributed by atoms with Gasteiger partial charge >= 0.3 is 0 Å². The Balaban J connectivity index is 2.10. The third-order valence-electron chi connectivity index (χ3n) is 3.16. The summed E-state index contributed by atoms with van der Waals surface area (Å²) in [4.78, 5) is 13.7. The van der Waals surface area contributed by atoms with Crippen LogP contribution in [-0.2, 0) is 4.79 Å². The minimum absolute atomic E-state index is 0.243. The maximum absolute atomic E-state index is 11.6. The topological polar surface area (TPSA) is 20.3 Å². The van der Waals surface area contributed by atoms with Crippen molar-refractivity contribution in [3.63, 3.8) is 0 Å². The number of nitrogens with zero attached hydrogens (tertiary/aromatic N) is 1. The molecule has 1 fully saturated rings. The van der Waals surface area contributed by atoms with Crippen molar-refractivity contribution in [3.05, 3.63) is 12.2 Å². The van der Waals surface area contributed by atoms with Crippen molar-refractivity contribution in [1.29, 1.82) is 0 Å². The Kier molecular flexibility index (Phi) is 2.38. The predicted molar refractivity (Wildman–Crippen MR) is 52.3 cm³/mol. The first-order valence-electron chi connectivity index (χ1n) is 5.31. The molecule has 0 aromatic heterocycles. The molecule has 0 unspecified atom stereocenters. The van der Waals surface area contributed by atoms with Gasteiger partial charge in [0.15, 0.2) is 0 Å². The van der Waals surface area contributed by atoms with E-state index in [1.165, 1.54) is 25.7 Å². The van der Waals surface area contributed by atoms with Gasteiger partial charge in [-0.15, -0.1) is 0 Å². The van der Waals surface area contributed by atoms with Gasteiger partial charge < -0.3 is 4.90 Å². The highest BCUT2D eigenvalue weighted by molar-refractivity contribution is 5.89. The van der Waals surface area contributed by atoms with Gasteiger partial charge in [-0.1, -0.05) is 19.4 Å². The summed E-state index contributed by atoms with van der Waals surface area (Å²) in [6.07, 6.45) is 9.63. The third-order valence-corrected chi connectivity index (χ3v) is 3.16. The van der Waals surface area contributed by atoms with Crippen LogP contribution in [0.15, 0.2) is 12.2 Å². The normalized spacial score (nSPS) is 32.4. The molecule has 0 aromatic rings. The second-order valence-electron chi connectivity index (χ2n) is 4.06. The first-order chi connectivity index (χ1) is 6.33. The maximum atomic E-state index is 11.6. The van der Waals surface area contributed by atoms with Crippen molar-refractivity contribution in [1.82, 2.24) is 4.90 Å². The summed E-state index contributed by atoms with van der Waals surface area (Å²) in [6.45, 7) is 2.19. The van der Waals surface area contributed by atoms with Gasteiger partial charge in [0.1, 0.15) is 0 Å². The molecule has 0 spiro atoms. The summed E-state index contributed by atoms with van der Waals surface area (Å²) in [5, 5.41) is 0. The zero-order valence-corrected chi connectivity index (χ0v) is 8.20. The number of carbonyl (C=O) groups is 1. The van der Waals surface area contributed by atoms with Crippen molar-refractivity contribution in [2.75, 3.05) is 0 Å². The molecule has 0 radical (unpaired) electrons. The Morgan fingerprint density at radius 2 is 2.38 bits per heavy atom. The fraction of sp³-hybridized carbons (Fsp3) is 0.727. The van der Waals surface area contributed by atoms with Crippen LogP contribution in [-0.4, -0.2) is 22.9 Å². The predicted octanol–water partition coefficient (Wildman–Crippen LogP) is 2.11. The first kappa shape index (κ1) is 8.79. The van der Waals surface area contributed by atoms with Crippen LogP contribution in [0.1, 0.15) is 39.0 Å². The molecule has 2 nitrogen and oxygen atoms in total. The van der Waals surface area contributed by atoms with Gasteiger partial charge in [0.2, 0.25) is 5.91 Å². The lowest BCUT2D eigenvalue weighted by molar-refractivity contribution is -0.129. The molecule has 0 saturated carbocycles. The van der Waals surface area contributed by atoms with E-state index < -0.39 is 0 Å². The van der Waals surface area contributed by atoms with E-state index in [1.807, 2.05) is 6.08 Å². The van der Waals surface area contributed by atoms with Gasteiger partial charge in [0.25, 0.3) is 0 Å². The molecule has 2 heteroatoms. The summed E-state index contributed by atoms with van der Waals surface area (Å²) < 4.78 is 0. The molecule has 0 bridgehead atoms. The highest BCUT2D eigenvalue weighted by atomic mass is 16.2. The van der Waals surface area contributed by atoms with Gasteiger partial charge in [-0.25, -0.2) is 0 Å². The Morgan fingerprint density at radius 3 is 3.15 bits per heavy atom. The lowest BCUT2D eigenvalue weighted by atomic mass is 10.1. The van der Waals surface area contributed by atoms with Crippen LogP contribution in [0.5, 0.6) is 0 Å². The van der Waals surface area contributed by atoms with E-state index in [0.717, 1.165) is 6.42 Å². The number of rotatable bonds is 2. The van der Waals surface area contributed by atoms with Gasteiger partial charge in [0.05, 0.1) is 0 Å². The number of hydrogen-bond donors (Lipinski definition) is 0. The number of amides is 1. The molecule has 2 heterocycles. The summed E-state index contributed by atoms with van der Waals surface area (Å²) in [5.41, 5.74) is 0. The lowest BCUT2D eigenvalue weighted by Crippen LogP contribution is -2.41. The highest BCUT2D eigenvalue weighted by Gasteiger charge is 2.36. The fourth-order valence-electron chi connectivity index (χ4n) is 2.58. The number of hydrogen-bond acceptors (Lipinski definition) is 1. The second-order valence-corrected chi connectivity index (χ2v) is 4.06. The van der Waals surface area contributed by atoms with E-state index in [-0.39, 0.29) is 5.91 Å². The van der Waals surface area contributed by atoms with Crippen LogP contribution in [0.3, 0.4) is 0 Å². The Bertz CT molecular complexity index is 234. The van der Waals surface area contributed by atoms with E-state index in [4.69, 9.17) is 0 Å². The summed E-state index contributed by atoms with van der Waals surface area (Å²) in [6, 6.07) is 1.06. The fourth-order valence-corrected chi connectivity index (χ4v) is 2.58. The van der Waals surface area contributed by atoms with E-state index in [9.17, 15) is 4.79 Å². The molecule has 2 atom stereocenters. The van der Waals surface area contributed by atoms with Crippen molar-refractivity contribution in [2.45, 2.75) is 51.1 Å². The number of carbonyl (C=O) groups excluding carboxylic acids is 1. The molecule has 1 saturated heterocycles. The molecule has 2 aliphatic heterocycles. The van der Waals surface area contributed by atoms with E-state index in [0.29, 0.717) is 12.1 Å². The van der Waals surface area contributed by atoms with Crippen LogP contribution in [0.25, 0.3) is 0 Å². The Labute approximate surface area is 79.6 Å². The molecule has 0 aliphatic carbocycles. The summed E-state index contributed by atoms with van der Waals surface area (Å²) >= 11 is 0. The molecule has 13 heavy (non-hydrogen) atoms. The van der Waals surface area contributed by atoms with Gasteiger partial charge in [-0.2, -0.15) is 0 Å². The van der Waals surface area contributed by atoms with E-state index in [1.54, 1.807) is 6.08 Å². The zero-order chi connectivity index (χ0) is 9.26. The highest BCUT2D eigenvalue weighted by Crippen LogP contribution is 2.31. The average molecular weight is 179 g/mol. The summed E-state index contributed by atoms with van der Waals surface area (Å²) in [7, 11) is 0. The average Bonchev–Trinajstić information content (AvgIpc) is 2.51. The molecular weight excluding hydrogens is 162 g/mol. The standard InChI is InChI=1S/C11H17NO/c1-2-4-9-7-8-10-5-3-6-11(13)12(9)10/h3,6,9-10H,2,4-5,7-8H2,1H3/t9-,10+/m1/s1. The van der Waals surface area contributed by atoms with E-state index >= 15 is 0 Å². The lowest BCUT2D eigenvalue weighted by Gasteiger charge is -2.31. The van der Waals surface area contributed by atoms with Crippen molar-refractivity contribution < 1.29 is 4.79 Å². The van der Waals surface area contributed by atoms with Crippen LogP contribution in [0.4, 0.5) is 0 Å². The monoisotopic (exact) mass is 179 g/mol. The van der Waals surface area contributed by atoms with Crippen LogP contribution < -0.4 is 0 Å². The molecule has 0 N–H and O–H groups in total. The number of fused-ring (bicyclic) bond motifs is 1. The van der Waals surface area contributed by atoms with Gasteiger partial charge in [0, 0.05) is 12.1 Å². The van der Waals surface area contributed by atoms with Gasteiger partial charge in [-0.05, 0) is 31.8 Å². The third kappa shape index (κ3) is 1.50. The van der Waals surface area contributed by atoms with E-state index in [2.05, 4.69) is 11.8 Å². The molecule has 2 rings (SSSR count). The zero-order valence-electron chi connectivity index (χ0n) is 8.20. The van der Waals surface area contributed by atoms with Crippen molar-refractivity contribution >= 4 is 5.91 Å². The van der Waals surface area contributed by atoms with Crippen LogP contribution >= 0.6 is 0 Å². The smallest absolute Gasteiger partial charge is 0.246 e. The van der Waals surface area contributed by atoms with Crippen LogP contribution in [0.2, 0.25) is 0 Å². The summed E-state index contributed by atoms with van der Waals surface area (Å²) in [5.74, 6) is 0.243. The largest absolute Gasteiger partial charge is 0.333 e. The molecule has 0 aromatic carbocycles. The minimum atomic E-state index is 0.243. The van der Waals surface area contributed by atoms with Gasteiger partial charge in [-0.3, -0.25) is 4.79 Å². The second kappa shape index (κ2) is 3.52. The first-order valence-corrected chi connectivity index (χ1v) is 5.31. The Morgan fingerprint density at radius 1 is 1.54 bits per heavy atom. The van der Waals surface area contributed by atoms with Crippen molar-refractivity contribution in [3.8, 4) is 0 Å². The SMILES string of the molecule is CCC[C@@H]1CC[C@@H]2CC=CC(=O)N12. The molecule has 72 valence electrons. The quantitative estimate of drug-likeness (QED) is 0.635. The minimum Gasteiger partial charge on any atom is -0.333 e. The molecule has 2 aliphatic rings. The van der Waals surface area contributed by atoms with Crippen molar-refractivity contribution in [2.24, 2.45) is 0 Å². The van der Waals surface area contributed by atoms with Crippen LogP contribution in [0, 0.1) is 0 Å². The Hall–Kier alpha value is -0.790. The molecule has 1 amide bonds. The molecular formula is C11H17NO.